The highest BCUT2D eigenvalue weighted by atomic mass is 16.5. The van der Waals surface area contributed by atoms with Crippen LogP contribution in [0.25, 0.3) is 0 Å². The van der Waals surface area contributed by atoms with Crippen molar-refractivity contribution in [2.24, 2.45) is 11.8 Å². The number of hydrogen-bond acceptors (Lipinski definition) is 3. The maximum Gasteiger partial charge on any atom is 0.302 e. The number of carbonyl (C=O) groups is 1. The Morgan fingerprint density at radius 3 is 3.07 bits per heavy atom. The number of carbonyl (C=O) groups excluding carboxylic acids is 1. The Morgan fingerprint density at radius 1 is 1.50 bits per heavy atom. The van der Waals surface area contributed by atoms with Crippen LogP contribution in [0.2, 0.25) is 0 Å². The molecule has 0 unspecified atom stereocenters. The molecular weight excluding hydrogens is 180 g/mol. The van der Waals surface area contributed by atoms with Crippen LogP contribution in [0.15, 0.2) is 24.3 Å². The molecule has 0 spiro atoms. The molecule has 2 rings (SSSR count). The van der Waals surface area contributed by atoms with Gasteiger partial charge in [-0.15, -0.1) is 0 Å². The Morgan fingerprint density at radius 2 is 2.29 bits per heavy atom. The van der Waals surface area contributed by atoms with Crippen LogP contribution in [0.1, 0.15) is 6.92 Å². The van der Waals surface area contributed by atoms with Crippen molar-refractivity contribution >= 4 is 5.97 Å². The lowest BCUT2D eigenvalue weighted by Gasteiger charge is -2.18. The van der Waals surface area contributed by atoms with Crippen molar-refractivity contribution in [3.05, 3.63) is 24.3 Å². The van der Waals surface area contributed by atoms with Gasteiger partial charge >= 0.3 is 5.97 Å². The van der Waals surface area contributed by atoms with Crippen molar-refractivity contribution in [1.29, 1.82) is 0 Å². The van der Waals surface area contributed by atoms with Gasteiger partial charge in [-0.25, -0.2) is 0 Å². The lowest BCUT2D eigenvalue weighted by molar-refractivity contribution is -0.142. The second kappa shape index (κ2) is 3.96. The summed E-state index contributed by atoms with van der Waals surface area (Å²) in [5.41, 5.74) is 0. The zero-order valence-corrected chi connectivity index (χ0v) is 8.18. The van der Waals surface area contributed by atoms with E-state index in [-0.39, 0.29) is 12.1 Å². The molecule has 1 aliphatic heterocycles. The quantitative estimate of drug-likeness (QED) is 0.622. The van der Waals surface area contributed by atoms with Gasteiger partial charge in [-0.05, 0) is 0 Å². The molecule has 14 heavy (non-hydrogen) atoms. The Bertz CT molecular complexity index is 280. The van der Waals surface area contributed by atoms with Gasteiger partial charge in [0.25, 0.3) is 0 Å². The Balaban J connectivity index is 1.92. The van der Waals surface area contributed by atoms with Gasteiger partial charge in [-0.2, -0.15) is 0 Å². The summed E-state index contributed by atoms with van der Waals surface area (Å²) in [6.07, 6.45) is 8.39. The van der Waals surface area contributed by atoms with Gasteiger partial charge in [0.15, 0.2) is 0 Å². The van der Waals surface area contributed by atoms with Gasteiger partial charge in [0.2, 0.25) is 0 Å². The highest BCUT2D eigenvalue weighted by molar-refractivity contribution is 5.65. The zero-order valence-electron chi connectivity index (χ0n) is 8.18. The summed E-state index contributed by atoms with van der Waals surface area (Å²) in [6, 6.07) is 0. The molecule has 0 aromatic carbocycles. The second-order valence-electron chi connectivity index (χ2n) is 3.71. The van der Waals surface area contributed by atoms with E-state index in [0.29, 0.717) is 25.0 Å². The van der Waals surface area contributed by atoms with Crippen molar-refractivity contribution in [2.45, 2.75) is 13.0 Å². The topological polar surface area (TPSA) is 35.5 Å². The van der Waals surface area contributed by atoms with Gasteiger partial charge in [-0.3, -0.25) is 4.79 Å². The van der Waals surface area contributed by atoms with E-state index in [9.17, 15) is 4.79 Å². The van der Waals surface area contributed by atoms with Crippen LogP contribution in [-0.4, -0.2) is 25.3 Å². The van der Waals surface area contributed by atoms with E-state index >= 15 is 0 Å². The Hall–Kier alpha value is -1.09. The average molecular weight is 194 g/mol. The van der Waals surface area contributed by atoms with Gasteiger partial charge in [-0.1, -0.05) is 24.3 Å². The van der Waals surface area contributed by atoms with Crippen molar-refractivity contribution < 1.29 is 14.3 Å². The van der Waals surface area contributed by atoms with Crippen LogP contribution >= 0.6 is 0 Å². The van der Waals surface area contributed by atoms with Crippen LogP contribution in [0.4, 0.5) is 0 Å². The average Bonchev–Trinajstić information content (AvgIpc) is 2.58. The molecule has 0 aromatic heterocycles. The van der Waals surface area contributed by atoms with E-state index in [0.717, 1.165) is 0 Å². The molecule has 3 heteroatoms. The number of esters is 1. The summed E-state index contributed by atoms with van der Waals surface area (Å²) in [6.45, 7) is 2.58. The van der Waals surface area contributed by atoms with Gasteiger partial charge in [0, 0.05) is 18.8 Å². The Labute approximate surface area is 83.4 Å². The fourth-order valence-electron chi connectivity index (χ4n) is 1.93. The molecule has 2 aliphatic rings. The van der Waals surface area contributed by atoms with Gasteiger partial charge < -0.3 is 9.47 Å². The smallest absolute Gasteiger partial charge is 0.302 e. The van der Waals surface area contributed by atoms with E-state index in [1.807, 2.05) is 12.2 Å². The summed E-state index contributed by atoms with van der Waals surface area (Å²) < 4.78 is 10.6. The fourth-order valence-corrected chi connectivity index (χ4v) is 1.93. The van der Waals surface area contributed by atoms with Gasteiger partial charge in [0.05, 0.1) is 19.3 Å². The summed E-state index contributed by atoms with van der Waals surface area (Å²) in [5.74, 6) is 0.466. The molecule has 0 aromatic rings. The summed E-state index contributed by atoms with van der Waals surface area (Å²) >= 11 is 0. The summed E-state index contributed by atoms with van der Waals surface area (Å²) in [7, 11) is 0. The minimum atomic E-state index is -0.219. The molecular formula is C11H14O3. The minimum absolute atomic E-state index is 0.181. The normalized spacial score (nSPS) is 34.2. The molecule has 1 aliphatic carbocycles. The molecule has 0 saturated carbocycles. The summed E-state index contributed by atoms with van der Waals surface area (Å²) in [5, 5.41) is 0. The van der Waals surface area contributed by atoms with E-state index < -0.39 is 0 Å². The molecule has 1 fully saturated rings. The standard InChI is InChI=1S/C11H14O3/c1-8(12)13-6-9-7-14-11-5-3-2-4-10(9)11/h2-5,9-11H,6-7H2,1H3/t9-,10+,11+/m1/s1. The third-order valence-electron chi connectivity index (χ3n) is 2.67. The van der Waals surface area contributed by atoms with Crippen LogP contribution in [0.5, 0.6) is 0 Å². The third-order valence-corrected chi connectivity index (χ3v) is 2.67. The van der Waals surface area contributed by atoms with Crippen molar-refractivity contribution in [3.63, 3.8) is 0 Å². The number of ether oxygens (including phenoxy) is 2. The molecule has 0 N–H and O–H groups in total. The van der Waals surface area contributed by atoms with Crippen LogP contribution in [0, 0.1) is 11.8 Å². The molecule has 0 bridgehead atoms. The number of allylic oxidation sites excluding steroid dienone is 2. The lowest BCUT2D eigenvalue weighted by Crippen LogP contribution is -2.22. The van der Waals surface area contributed by atoms with Crippen molar-refractivity contribution in [1.82, 2.24) is 0 Å². The fraction of sp³-hybridized carbons (Fsp3) is 0.545. The van der Waals surface area contributed by atoms with Crippen LogP contribution < -0.4 is 0 Å². The summed E-state index contributed by atoms with van der Waals surface area (Å²) in [4.78, 5) is 10.7. The zero-order chi connectivity index (χ0) is 9.97. The first-order valence-electron chi connectivity index (χ1n) is 4.87. The molecule has 1 saturated heterocycles. The monoisotopic (exact) mass is 194 g/mol. The largest absolute Gasteiger partial charge is 0.465 e. The maximum absolute atomic E-state index is 10.7. The SMILES string of the molecule is CC(=O)OC[C@@H]1CO[C@H]2C=CC=C[C@@H]12. The highest BCUT2D eigenvalue weighted by Gasteiger charge is 2.35. The number of hydrogen-bond donors (Lipinski definition) is 0. The Kier molecular flexibility index (Phi) is 2.68. The molecule has 0 radical (unpaired) electrons. The molecule has 3 nitrogen and oxygen atoms in total. The van der Waals surface area contributed by atoms with Crippen LogP contribution in [0.3, 0.4) is 0 Å². The van der Waals surface area contributed by atoms with E-state index in [2.05, 4.69) is 12.2 Å². The second-order valence-corrected chi connectivity index (χ2v) is 3.71. The molecule has 1 heterocycles. The highest BCUT2D eigenvalue weighted by Crippen LogP contribution is 2.31. The van der Waals surface area contributed by atoms with E-state index in [4.69, 9.17) is 9.47 Å². The molecule has 0 amide bonds. The molecule has 76 valence electrons. The van der Waals surface area contributed by atoms with Crippen molar-refractivity contribution in [3.8, 4) is 0 Å². The minimum Gasteiger partial charge on any atom is -0.465 e. The van der Waals surface area contributed by atoms with E-state index in [1.165, 1.54) is 6.92 Å². The third kappa shape index (κ3) is 1.87. The maximum atomic E-state index is 10.7. The number of fused-ring (bicyclic) bond motifs is 1. The predicted molar refractivity (Wildman–Crippen MR) is 51.6 cm³/mol. The first kappa shape index (κ1) is 9.46. The first-order valence-corrected chi connectivity index (χ1v) is 4.87. The van der Waals surface area contributed by atoms with Gasteiger partial charge in [0.1, 0.15) is 0 Å². The van der Waals surface area contributed by atoms with Crippen molar-refractivity contribution in [2.75, 3.05) is 13.2 Å². The van der Waals surface area contributed by atoms with Crippen LogP contribution in [-0.2, 0) is 14.3 Å². The molecule has 3 atom stereocenters. The predicted octanol–water partition coefficient (Wildman–Crippen LogP) is 1.31. The van der Waals surface area contributed by atoms with E-state index in [1.54, 1.807) is 0 Å². The first-order chi connectivity index (χ1) is 6.77. The number of rotatable bonds is 2. The lowest BCUT2D eigenvalue weighted by atomic mass is 9.88.